The zero-order chi connectivity index (χ0) is 27.1. The average Bonchev–Trinajstić information content (AvgIpc) is 3.63. The molecule has 2 saturated heterocycles. The predicted molar refractivity (Wildman–Crippen MR) is 162 cm³/mol. The van der Waals surface area contributed by atoms with Gasteiger partial charge in [0.25, 0.3) is 0 Å². The van der Waals surface area contributed by atoms with Crippen molar-refractivity contribution in [1.82, 2.24) is 19.8 Å². The maximum Gasteiger partial charge on any atom is 0.236 e. The number of aryl methyl sites for hydroxylation is 1. The molecule has 8 heteroatoms. The van der Waals surface area contributed by atoms with E-state index in [1.807, 2.05) is 17.5 Å². The van der Waals surface area contributed by atoms with Gasteiger partial charge < -0.3 is 15.2 Å². The van der Waals surface area contributed by atoms with Gasteiger partial charge >= 0.3 is 0 Å². The predicted octanol–water partition coefficient (Wildman–Crippen LogP) is 6.38. The van der Waals surface area contributed by atoms with Gasteiger partial charge in [0.05, 0.1) is 28.8 Å². The molecular weight excluding hydrogens is 504 g/mol. The third-order valence-electron chi connectivity index (χ3n) is 9.21. The molecule has 1 spiro atoms. The summed E-state index contributed by atoms with van der Waals surface area (Å²) in [5.41, 5.74) is 6.46. The number of rotatable bonds is 7. The van der Waals surface area contributed by atoms with Crippen molar-refractivity contribution in [3.8, 4) is 11.3 Å². The number of likely N-dealkylation sites (tertiary alicyclic amines) is 2. The number of nitrogens with zero attached hydrogens (tertiary/aromatic N) is 4. The van der Waals surface area contributed by atoms with E-state index >= 15 is 0 Å². The molecule has 0 radical (unpaired) electrons. The fraction of sp³-hybridized carbons (Fsp3) is 0.581. The third-order valence-corrected chi connectivity index (χ3v) is 10.5. The molecule has 0 aromatic carbocycles. The van der Waals surface area contributed by atoms with E-state index in [-0.39, 0.29) is 0 Å². The van der Waals surface area contributed by atoms with Crippen LogP contribution in [0.1, 0.15) is 80.2 Å². The number of thiophene rings is 1. The van der Waals surface area contributed by atoms with Crippen LogP contribution < -0.4 is 5.32 Å². The summed E-state index contributed by atoms with van der Waals surface area (Å²) in [7, 11) is 1.75. The first-order chi connectivity index (χ1) is 18.9. The molecule has 39 heavy (non-hydrogen) atoms. The van der Waals surface area contributed by atoms with Gasteiger partial charge in [-0.1, -0.05) is 13.8 Å². The highest BCUT2D eigenvalue weighted by molar-refractivity contribution is 7.19. The lowest BCUT2D eigenvalue weighted by Crippen LogP contribution is -2.60. The summed E-state index contributed by atoms with van der Waals surface area (Å²) in [5, 5.41) is 3.15. The van der Waals surface area contributed by atoms with Gasteiger partial charge in [0.2, 0.25) is 5.91 Å². The zero-order valence-corrected chi connectivity index (χ0v) is 24.7. The van der Waals surface area contributed by atoms with Crippen molar-refractivity contribution in [2.24, 2.45) is 10.4 Å². The topological polar surface area (TPSA) is 76.6 Å². The molecule has 3 aliphatic rings. The summed E-state index contributed by atoms with van der Waals surface area (Å²) >= 11 is 1.99. The molecule has 2 N–H and O–H groups in total. The highest BCUT2D eigenvalue weighted by atomic mass is 32.1. The minimum absolute atomic E-state index is 0.348. The lowest BCUT2D eigenvalue weighted by atomic mass is 9.65. The molecule has 5 heterocycles. The molecule has 7 nitrogen and oxygen atoms in total. The van der Waals surface area contributed by atoms with Crippen molar-refractivity contribution in [2.75, 3.05) is 45.1 Å². The van der Waals surface area contributed by atoms with Crippen LogP contribution in [0.3, 0.4) is 0 Å². The number of pyridine rings is 1. The summed E-state index contributed by atoms with van der Waals surface area (Å²) in [6, 6.07) is 4.62. The summed E-state index contributed by atoms with van der Waals surface area (Å²) in [6.45, 7) is 11.4. The lowest BCUT2D eigenvalue weighted by Gasteiger charge is -2.53. The van der Waals surface area contributed by atoms with Crippen LogP contribution in [0.5, 0.6) is 0 Å². The second-order valence-corrected chi connectivity index (χ2v) is 13.5. The van der Waals surface area contributed by atoms with E-state index in [0.717, 1.165) is 43.1 Å². The number of hydrogen-bond donors (Lipinski definition) is 2. The van der Waals surface area contributed by atoms with Gasteiger partial charge in [-0.2, -0.15) is 0 Å². The minimum Gasteiger partial charge on any atom is -0.354 e. The van der Waals surface area contributed by atoms with Crippen LogP contribution in [0, 0.1) is 12.3 Å². The summed E-state index contributed by atoms with van der Waals surface area (Å²) in [6.07, 6.45) is 11.1. The van der Waals surface area contributed by atoms with Gasteiger partial charge in [0.15, 0.2) is 0 Å². The van der Waals surface area contributed by atoms with Gasteiger partial charge in [0.1, 0.15) is 5.82 Å². The second-order valence-electron chi connectivity index (χ2n) is 12.4. The monoisotopic (exact) mass is 546 g/mol. The molecule has 3 fully saturated rings. The van der Waals surface area contributed by atoms with E-state index in [9.17, 15) is 4.79 Å². The van der Waals surface area contributed by atoms with E-state index in [1.54, 1.807) is 13.4 Å². The van der Waals surface area contributed by atoms with Crippen molar-refractivity contribution in [3.05, 3.63) is 34.3 Å². The second kappa shape index (κ2) is 10.7. The number of H-pyrrole nitrogens is 1. The Hall–Kier alpha value is -2.71. The number of nitrogens with one attached hydrogen (secondary N) is 2. The van der Waals surface area contributed by atoms with Crippen molar-refractivity contribution in [1.29, 1.82) is 0 Å². The number of aromatic nitrogens is 2. The van der Waals surface area contributed by atoms with Crippen LogP contribution >= 0.6 is 11.3 Å². The number of carbonyl (C=O) groups excluding carboxylic acids is 1. The minimum atomic E-state index is 0.348. The van der Waals surface area contributed by atoms with Gasteiger partial charge in [-0.05, 0) is 93.6 Å². The molecule has 1 aliphatic carbocycles. The quantitative estimate of drug-likeness (QED) is 0.266. The van der Waals surface area contributed by atoms with E-state index in [4.69, 9.17) is 0 Å². The standard InChI is InChI=1S/C31H42N6OS/c1-20(2)27-28(23-13-21(3)30(33-15-23)34-19-32-4)35-24-14-25(39-29(24)27)22-7-9-31(10-8-22)17-37(18-31)26(38)16-36-11-5-6-12-36/h13-15,19-20,22,35H,5-12,16-18H2,1-4H3,(H,32,33,34). The average molecular weight is 547 g/mol. The number of hydrogen-bond acceptors (Lipinski definition) is 5. The van der Waals surface area contributed by atoms with Crippen LogP contribution in [0.15, 0.2) is 23.3 Å². The number of fused-ring (bicyclic) bond motifs is 1. The summed E-state index contributed by atoms with van der Waals surface area (Å²) < 4.78 is 1.40. The molecule has 208 valence electrons. The fourth-order valence-electron chi connectivity index (χ4n) is 6.99. The van der Waals surface area contributed by atoms with E-state index in [0.29, 0.717) is 29.7 Å². The molecule has 6 rings (SSSR count). The molecule has 1 amide bonds. The molecule has 3 aromatic heterocycles. The largest absolute Gasteiger partial charge is 0.354 e. The van der Waals surface area contributed by atoms with Crippen molar-refractivity contribution < 1.29 is 4.79 Å². The molecular formula is C31H42N6OS. The van der Waals surface area contributed by atoms with Crippen LogP contribution in [0.4, 0.5) is 5.82 Å². The Morgan fingerprint density at radius 2 is 2.00 bits per heavy atom. The zero-order valence-electron chi connectivity index (χ0n) is 23.8. The van der Waals surface area contributed by atoms with Crippen molar-refractivity contribution in [3.63, 3.8) is 0 Å². The lowest BCUT2D eigenvalue weighted by molar-refractivity contribution is -0.146. The number of aromatic amines is 1. The maximum atomic E-state index is 12.7. The van der Waals surface area contributed by atoms with Crippen molar-refractivity contribution in [2.45, 2.75) is 71.1 Å². The Kier molecular flexibility index (Phi) is 7.27. The number of aliphatic imine (C=N–C) groups is 1. The van der Waals surface area contributed by atoms with Gasteiger partial charge in [-0.15, -0.1) is 11.3 Å². The molecule has 0 unspecified atom stereocenters. The SMILES string of the molecule is CN=CNc1ncc(-c2[nH]c3cc(C4CCC5(CC4)CN(C(=O)CN4CCCC4)C5)sc3c2C(C)C)cc1C. The van der Waals surface area contributed by atoms with E-state index in [1.165, 1.54) is 64.9 Å². The van der Waals surface area contributed by atoms with E-state index in [2.05, 4.69) is 63.0 Å². The van der Waals surface area contributed by atoms with Crippen molar-refractivity contribution >= 4 is 39.6 Å². The Balaban J connectivity index is 1.13. The summed E-state index contributed by atoms with van der Waals surface area (Å²) in [4.78, 5) is 31.1. The van der Waals surface area contributed by atoms with Gasteiger partial charge in [-0.25, -0.2) is 4.98 Å². The maximum absolute atomic E-state index is 12.7. The first-order valence-electron chi connectivity index (χ1n) is 14.7. The summed E-state index contributed by atoms with van der Waals surface area (Å²) in [5.74, 6) is 2.24. The Morgan fingerprint density at radius 1 is 1.26 bits per heavy atom. The highest BCUT2D eigenvalue weighted by Gasteiger charge is 2.47. The number of carbonyl (C=O) groups is 1. The van der Waals surface area contributed by atoms with Crippen LogP contribution in [-0.4, -0.2) is 71.8 Å². The Bertz CT molecular complexity index is 1370. The smallest absolute Gasteiger partial charge is 0.236 e. The normalized spacial score (nSPS) is 20.1. The Morgan fingerprint density at radius 3 is 2.67 bits per heavy atom. The Labute approximate surface area is 236 Å². The molecule has 0 atom stereocenters. The third kappa shape index (κ3) is 5.13. The van der Waals surface area contributed by atoms with Crippen LogP contribution in [0.25, 0.3) is 21.5 Å². The number of amides is 1. The molecule has 1 saturated carbocycles. The molecule has 0 bridgehead atoms. The fourth-order valence-corrected chi connectivity index (χ4v) is 8.47. The molecule has 3 aromatic rings. The van der Waals surface area contributed by atoms with Gasteiger partial charge in [-0.3, -0.25) is 14.7 Å². The van der Waals surface area contributed by atoms with Crippen LogP contribution in [0.2, 0.25) is 0 Å². The van der Waals surface area contributed by atoms with Crippen LogP contribution in [-0.2, 0) is 4.79 Å². The van der Waals surface area contributed by atoms with Gasteiger partial charge in [0, 0.05) is 42.2 Å². The molecule has 2 aliphatic heterocycles. The highest BCUT2D eigenvalue weighted by Crippen LogP contribution is 2.51. The first kappa shape index (κ1) is 26.5. The van der Waals surface area contributed by atoms with E-state index < -0.39 is 0 Å². The number of anilines is 1. The first-order valence-corrected chi connectivity index (χ1v) is 15.5.